The molecule has 0 amide bonds. The van der Waals surface area contributed by atoms with Crippen LogP contribution in [0, 0.1) is 0 Å². The van der Waals surface area contributed by atoms with Crippen LogP contribution in [-0.2, 0) is 9.09 Å². The summed E-state index contributed by atoms with van der Waals surface area (Å²) in [5, 5.41) is 0.516. The number of unbranched alkanes of at least 4 members (excludes halogenated alkanes) is 1. The lowest BCUT2D eigenvalue weighted by Crippen LogP contribution is -2.14. The van der Waals surface area contributed by atoms with Crippen molar-refractivity contribution in [1.29, 1.82) is 0 Å². The van der Waals surface area contributed by atoms with E-state index >= 15 is 0 Å². The van der Waals surface area contributed by atoms with Gasteiger partial charge in [0.1, 0.15) is 6.10 Å². The first kappa shape index (κ1) is 15.0. The largest absolute Gasteiger partial charge is 0.549 e. The van der Waals surface area contributed by atoms with Crippen molar-refractivity contribution in [3.05, 3.63) is 29.8 Å². The Morgan fingerprint density at radius 3 is 2.61 bits per heavy atom. The first-order valence-electron chi connectivity index (χ1n) is 6.32. The summed E-state index contributed by atoms with van der Waals surface area (Å²) in [4.78, 5) is 12.0. The van der Waals surface area contributed by atoms with Crippen LogP contribution < -0.4 is 5.30 Å². The molecule has 1 atom stereocenters. The van der Waals surface area contributed by atoms with E-state index in [0.717, 1.165) is 12.8 Å². The van der Waals surface area contributed by atoms with Crippen molar-refractivity contribution < 1.29 is 13.9 Å². The highest BCUT2D eigenvalue weighted by molar-refractivity contribution is 7.48. The number of hydrogen-bond acceptors (Lipinski definition) is 3. The molecule has 0 aliphatic heterocycles. The molecule has 0 heterocycles. The number of Topliss-reactive ketones (excluding diaryl/α,β-unsaturated/α-hetero) is 1. The van der Waals surface area contributed by atoms with E-state index in [1.54, 1.807) is 24.3 Å². The van der Waals surface area contributed by atoms with Gasteiger partial charge in [0.25, 0.3) is 0 Å². The zero-order chi connectivity index (χ0) is 13.5. The molecule has 0 spiro atoms. The normalized spacial score (nSPS) is 11.7. The number of carbonyl (C=O) groups is 1. The zero-order valence-electron chi connectivity index (χ0n) is 11.2. The van der Waals surface area contributed by atoms with Gasteiger partial charge in [0.15, 0.2) is 5.78 Å². The minimum Gasteiger partial charge on any atom is -0.294 e. The second-order valence-electron chi connectivity index (χ2n) is 4.46. The van der Waals surface area contributed by atoms with Crippen LogP contribution in [-0.4, -0.2) is 11.9 Å². The summed E-state index contributed by atoms with van der Waals surface area (Å²) in [5.74, 6) is 0.0446. The van der Waals surface area contributed by atoms with Crippen LogP contribution in [0.2, 0.25) is 0 Å². The molecule has 98 valence electrons. The Morgan fingerprint density at radius 1 is 1.33 bits per heavy atom. The molecule has 3 nitrogen and oxygen atoms in total. The first-order chi connectivity index (χ1) is 8.56. The molecule has 1 rings (SSSR count). The fraction of sp³-hybridized carbons (Fsp3) is 0.500. The van der Waals surface area contributed by atoms with E-state index in [1.165, 1.54) is 0 Å². The average Bonchev–Trinajstić information content (AvgIpc) is 2.35. The van der Waals surface area contributed by atoms with E-state index < -0.39 is 8.03 Å². The van der Waals surface area contributed by atoms with Crippen LogP contribution in [0.4, 0.5) is 0 Å². The van der Waals surface area contributed by atoms with Crippen molar-refractivity contribution in [2.45, 2.75) is 46.1 Å². The van der Waals surface area contributed by atoms with Crippen LogP contribution in [0.15, 0.2) is 24.3 Å². The Hall–Kier alpha value is -1.05. The lowest BCUT2D eigenvalue weighted by molar-refractivity contribution is 0.0980. The predicted octanol–water partition coefficient (Wildman–Crippen LogP) is 3.85. The van der Waals surface area contributed by atoms with Crippen molar-refractivity contribution >= 4 is 19.1 Å². The molecular formula is C14H20O3P+. The summed E-state index contributed by atoms with van der Waals surface area (Å²) < 4.78 is 17.3. The lowest BCUT2D eigenvalue weighted by Gasteiger charge is -2.01. The summed E-state index contributed by atoms with van der Waals surface area (Å²) in [5.41, 5.74) is 0.535. The van der Waals surface area contributed by atoms with Gasteiger partial charge in [-0.25, -0.2) is 0 Å². The van der Waals surface area contributed by atoms with Crippen LogP contribution in [0.1, 0.15) is 50.4 Å². The van der Waals surface area contributed by atoms with E-state index in [2.05, 4.69) is 0 Å². The molecule has 1 unspecified atom stereocenters. The maximum atomic E-state index is 12.0. The Labute approximate surface area is 109 Å². The molecule has 1 aromatic carbocycles. The molecule has 0 N–H and O–H groups in total. The zero-order valence-corrected chi connectivity index (χ0v) is 12.1. The molecule has 0 radical (unpaired) electrons. The van der Waals surface area contributed by atoms with Crippen LogP contribution in [0.3, 0.4) is 0 Å². The summed E-state index contributed by atoms with van der Waals surface area (Å²) >= 11 is 0. The van der Waals surface area contributed by atoms with Gasteiger partial charge in [0, 0.05) is 6.42 Å². The highest BCUT2D eigenvalue weighted by Crippen LogP contribution is 2.26. The minimum absolute atomic E-state index is 0.0446. The second-order valence-corrected chi connectivity index (χ2v) is 5.66. The third kappa shape index (κ3) is 4.32. The summed E-state index contributed by atoms with van der Waals surface area (Å²) in [7, 11) is -1.95. The van der Waals surface area contributed by atoms with Crippen LogP contribution in [0.5, 0.6) is 0 Å². The third-order valence-electron chi connectivity index (χ3n) is 2.47. The highest BCUT2D eigenvalue weighted by Gasteiger charge is 2.29. The Kier molecular flexibility index (Phi) is 6.17. The molecule has 0 saturated heterocycles. The monoisotopic (exact) mass is 267 g/mol. The maximum Gasteiger partial charge on any atom is 0.549 e. The molecule has 0 aliphatic rings. The second kappa shape index (κ2) is 7.40. The van der Waals surface area contributed by atoms with Gasteiger partial charge >= 0.3 is 8.03 Å². The topological polar surface area (TPSA) is 43.4 Å². The van der Waals surface area contributed by atoms with Crippen LogP contribution >= 0.6 is 8.03 Å². The molecule has 0 saturated carbocycles. The van der Waals surface area contributed by atoms with Crippen molar-refractivity contribution in [3.63, 3.8) is 0 Å². The number of ketones is 1. The van der Waals surface area contributed by atoms with Gasteiger partial charge in [-0.15, -0.1) is 4.52 Å². The molecule has 0 aromatic heterocycles. The van der Waals surface area contributed by atoms with Crippen molar-refractivity contribution in [2.75, 3.05) is 0 Å². The van der Waals surface area contributed by atoms with Crippen molar-refractivity contribution in [1.82, 2.24) is 0 Å². The van der Waals surface area contributed by atoms with Crippen LogP contribution in [0.25, 0.3) is 0 Å². The van der Waals surface area contributed by atoms with Gasteiger partial charge in [-0.05, 0) is 37.0 Å². The molecule has 4 heteroatoms. The SMILES string of the molecule is CCCCC(=O)c1ccccc1[P+](=O)OC(C)C. The standard InChI is InChI=1S/C14H20O3P/c1-4-5-9-13(15)12-8-6-7-10-14(12)18(16)17-11(2)3/h6-8,10-11H,4-5,9H2,1-3H3/q+1. The number of benzene rings is 1. The molecular weight excluding hydrogens is 247 g/mol. The molecule has 0 aliphatic carbocycles. The quantitative estimate of drug-likeness (QED) is 0.556. The fourth-order valence-corrected chi connectivity index (χ4v) is 2.69. The molecule has 0 bridgehead atoms. The summed E-state index contributed by atoms with van der Waals surface area (Å²) in [6.07, 6.45) is 2.21. The van der Waals surface area contributed by atoms with E-state index in [4.69, 9.17) is 4.52 Å². The van der Waals surface area contributed by atoms with Gasteiger partial charge < -0.3 is 0 Å². The van der Waals surface area contributed by atoms with E-state index in [0.29, 0.717) is 17.3 Å². The lowest BCUT2D eigenvalue weighted by atomic mass is 10.1. The highest BCUT2D eigenvalue weighted by atomic mass is 31.1. The summed E-state index contributed by atoms with van der Waals surface area (Å²) in [6.45, 7) is 5.70. The van der Waals surface area contributed by atoms with E-state index in [9.17, 15) is 9.36 Å². The van der Waals surface area contributed by atoms with E-state index in [-0.39, 0.29) is 11.9 Å². The molecule has 18 heavy (non-hydrogen) atoms. The minimum atomic E-state index is -1.95. The van der Waals surface area contributed by atoms with Gasteiger partial charge in [-0.3, -0.25) is 4.79 Å². The van der Waals surface area contributed by atoms with Crippen molar-refractivity contribution in [3.8, 4) is 0 Å². The number of hydrogen-bond donors (Lipinski definition) is 0. The van der Waals surface area contributed by atoms with Gasteiger partial charge in [0.2, 0.25) is 5.30 Å². The Morgan fingerprint density at radius 2 is 2.00 bits per heavy atom. The maximum absolute atomic E-state index is 12.0. The Bertz CT molecular complexity index is 427. The molecule has 1 aromatic rings. The average molecular weight is 267 g/mol. The van der Waals surface area contributed by atoms with Gasteiger partial charge in [-0.1, -0.05) is 25.5 Å². The van der Waals surface area contributed by atoms with Crippen molar-refractivity contribution in [2.24, 2.45) is 0 Å². The third-order valence-corrected chi connectivity index (χ3v) is 3.86. The Balaban J connectivity index is 2.92. The van der Waals surface area contributed by atoms with E-state index in [1.807, 2.05) is 20.8 Å². The molecule has 0 fully saturated rings. The summed E-state index contributed by atoms with van der Waals surface area (Å²) in [6, 6.07) is 7.01. The van der Waals surface area contributed by atoms with Gasteiger partial charge in [-0.2, -0.15) is 0 Å². The first-order valence-corrected chi connectivity index (χ1v) is 7.50. The predicted molar refractivity (Wildman–Crippen MR) is 73.8 cm³/mol. The van der Waals surface area contributed by atoms with Gasteiger partial charge in [0.05, 0.1) is 5.56 Å². The smallest absolute Gasteiger partial charge is 0.294 e. The number of carbonyl (C=O) groups excluding carboxylic acids is 1. The number of rotatable bonds is 7. The fourth-order valence-electron chi connectivity index (χ4n) is 1.59.